The summed E-state index contributed by atoms with van der Waals surface area (Å²) in [4.78, 5) is 1.30. The molecule has 20 heavy (non-hydrogen) atoms. The van der Waals surface area contributed by atoms with Crippen LogP contribution in [-0.2, 0) is 6.42 Å². The molecule has 2 aromatic rings. The average Bonchev–Trinajstić information content (AvgIpc) is 2.95. The van der Waals surface area contributed by atoms with Crippen LogP contribution in [0.1, 0.15) is 24.1 Å². The molecule has 0 radical (unpaired) electrons. The van der Waals surface area contributed by atoms with Crippen LogP contribution in [0.25, 0.3) is 0 Å². The quantitative estimate of drug-likeness (QED) is 0.835. The zero-order valence-electron chi connectivity index (χ0n) is 11.8. The van der Waals surface area contributed by atoms with Crippen molar-refractivity contribution in [1.82, 2.24) is 0 Å². The molecule has 0 amide bonds. The van der Waals surface area contributed by atoms with Gasteiger partial charge in [-0.3, -0.25) is 0 Å². The molecule has 1 unspecified atom stereocenters. The number of hydrogen-bond donors (Lipinski definition) is 1. The van der Waals surface area contributed by atoms with E-state index in [9.17, 15) is 0 Å². The second-order valence-corrected chi connectivity index (χ2v) is 5.94. The molecule has 0 spiro atoms. The molecule has 2 nitrogen and oxygen atoms in total. The molecule has 0 fully saturated rings. The van der Waals surface area contributed by atoms with Crippen LogP contribution in [0.15, 0.2) is 47.4 Å². The monoisotopic (exact) mass is 285 g/mol. The smallest absolute Gasteiger partial charge is 0.122 e. The summed E-state index contributed by atoms with van der Waals surface area (Å²) < 4.78 is 5.54. The molecule has 1 aliphatic rings. The molecule has 1 heterocycles. The molecule has 3 rings (SSSR count). The third-order valence-corrected chi connectivity index (χ3v) is 4.43. The fraction of sp³-hybridized carbons (Fsp3) is 0.294. The number of ether oxygens (including phenoxy) is 1. The standard InChI is InChI=1S/C17H19NOS/c1-12(13-3-6-16(20-2)7-4-13)18-15-5-8-17-14(11-15)9-10-19-17/h3-8,11-12,18H,9-10H2,1-2H3. The van der Waals surface area contributed by atoms with Gasteiger partial charge >= 0.3 is 0 Å². The van der Waals surface area contributed by atoms with Gasteiger partial charge in [0.1, 0.15) is 5.75 Å². The largest absolute Gasteiger partial charge is 0.493 e. The van der Waals surface area contributed by atoms with Gasteiger partial charge < -0.3 is 10.1 Å². The van der Waals surface area contributed by atoms with Crippen molar-refractivity contribution in [2.75, 3.05) is 18.2 Å². The SMILES string of the molecule is CSc1ccc(C(C)Nc2ccc3c(c2)CCO3)cc1. The maximum absolute atomic E-state index is 5.54. The van der Waals surface area contributed by atoms with Crippen LogP contribution < -0.4 is 10.1 Å². The van der Waals surface area contributed by atoms with E-state index in [2.05, 4.69) is 61.0 Å². The van der Waals surface area contributed by atoms with Gasteiger partial charge in [0.25, 0.3) is 0 Å². The Kier molecular flexibility index (Phi) is 3.88. The summed E-state index contributed by atoms with van der Waals surface area (Å²) in [5.41, 5.74) is 3.77. The molecule has 2 aromatic carbocycles. The van der Waals surface area contributed by atoms with Crippen molar-refractivity contribution in [1.29, 1.82) is 0 Å². The Morgan fingerprint density at radius 1 is 1.15 bits per heavy atom. The normalized spacial score (nSPS) is 14.5. The summed E-state index contributed by atoms with van der Waals surface area (Å²) in [7, 11) is 0. The number of benzene rings is 2. The second-order valence-electron chi connectivity index (χ2n) is 5.06. The van der Waals surface area contributed by atoms with E-state index >= 15 is 0 Å². The predicted molar refractivity (Wildman–Crippen MR) is 85.9 cm³/mol. The lowest BCUT2D eigenvalue weighted by molar-refractivity contribution is 0.357. The minimum atomic E-state index is 0.297. The first kappa shape index (κ1) is 13.4. The Morgan fingerprint density at radius 2 is 1.95 bits per heavy atom. The third-order valence-electron chi connectivity index (χ3n) is 3.69. The highest BCUT2D eigenvalue weighted by Gasteiger charge is 2.13. The lowest BCUT2D eigenvalue weighted by atomic mass is 10.1. The van der Waals surface area contributed by atoms with Crippen molar-refractivity contribution in [2.24, 2.45) is 0 Å². The molecular formula is C17H19NOS. The highest BCUT2D eigenvalue weighted by Crippen LogP contribution is 2.29. The summed E-state index contributed by atoms with van der Waals surface area (Å²) in [6.45, 7) is 3.00. The van der Waals surface area contributed by atoms with Crippen LogP contribution in [0.5, 0.6) is 5.75 Å². The van der Waals surface area contributed by atoms with Crippen molar-refractivity contribution < 1.29 is 4.74 Å². The molecule has 0 saturated carbocycles. The summed E-state index contributed by atoms with van der Waals surface area (Å²) >= 11 is 1.77. The first-order valence-corrected chi connectivity index (χ1v) is 8.15. The van der Waals surface area contributed by atoms with E-state index in [1.807, 2.05) is 0 Å². The Bertz CT molecular complexity index is 594. The Morgan fingerprint density at radius 3 is 2.70 bits per heavy atom. The molecule has 1 aliphatic heterocycles. The highest BCUT2D eigenvalue weighted by molar-refractivity contribution is 7.98. The fourth-order valence-corrected chi connectivity index (χ4v) is 2.91. The van der Waals surface area contributed by atoms with Gasteiger partial charge in [-0.15, -0.1) is 11.8 Å². The van der Waals surface area contributed by atoms with Gasteiger partial charge in [-0.05, 0) is 54.6 Å². The van der Waals surface area contributed by atoms with Crippen molar-refractivity contribution in [3.63, 3.8) is 0 Å². The molecule has 104 valence electrons. The van der Waals surface area contributed by atoms with Gasteiger partial charge in [-0.1, -0.05) is 12.1 Å². The van der Waals surface area contributed by atoms with Gasteiger partial charge in [0, 0.05) is 23.0 Å². The average molecular weight is 285 g/mol. The van der Waals surface area contributed by atoms with Gasteiger partial charge in [0.15, 0.2) is 0 Å². The van der Waals surface area contributed by atoms with E-state index in [-0.39, 0.29) is 0 Å². The lowest BCUT2D eigenvalue weighted by Crippen LogP contribution is -2.06. The van der Waals surface area contributed by atoms with Crippen LogP contribution in [-0.4, -0.2) is 12.9 Å². The van der Waals surface area contributed by atoms with Crippen LogP contribution >= 0.6 is 11.8 Å². The third kappa shape index (κ3) is 2.78. The van der Waals surface area contributed by atoms with Gasteiger partial charge in [-0.2, -0.15) is 0 Å². The number of thioether (sulfide) groups is 1. The van der Waals surface area contributed by atoms with Crippen LogP contribution in [0.4, 0.5) is 5.69 Å². The fourth-order valence-electron chi connectivity index (χ4n) is 2.50. The summed E-state index contributed by atoms with van der Waals surface area (Å²) in [6, 6.07) is 15.4. The van der Waals surface area contributed by atoms with Gasteiger partial charge in [-0.25, -0.2) is 0 Å². The minimum absolute atomic E-state index is 0.297. The van der Waals surface area contributed by atoms with E-state index in [4.69, 9.17) is 4.74 Å². The Hall–Kier alpha value is -1.61. The molecule has 1 N–H and O–H groups in total. The van der Waals surface area contributed by atoms with Crippen molar-refractivity contribution >= 4 is 17.4 Å². The van der Waals surface area contributed by atoms with E-state index in [1.165, 1.54) is 16.0 Å². The Labute approximate surface area is 124 Å². The Balaban J connectivity index is 1.73. The van der Waals surface area contributed by atoms with Crippen LogP contribution in [0.2, 0.25) is 0 Å². The van der Waals surface area contributed by atoms with Gasteiger partial charge in [0.05, 0.1) is 6.61 Å². The number of nitrogens with one attached hydrogen (secondary N) is 1. The highest BCUT2D eigenvalue weighted by atomic mass is 32.2. The van der Waals surface area contributed by atoms with E-state index < -0.39 is 0 Å². The molecular weight excluding hydrogens is 266 g/mol. The lowest BCUT2D eigenvalue weighted by Gasteiger charge is -2.16. The molecule has 0 aliphatic carbocycles. The first-order valence-electron chi connectivity index (χ1n) is 6.92. The van der Waals surface area contributed by atoms with E-state index in [0.717, 1.165) is 24.5 Å². The molecule has 0 bridgehead atoms. The van der Waals surface area contributed by atoms with E-state index in [1.54, 1.807) is 11.8 Å². The predicted octanol–water partition coefficient (Wildman–Crippen LogP) is 4.52. The number of hydrogen-bond acceptors (Lipinski definition) is 3. The summed E-state index contributed by atoms with van der Waals surface area (Å²) in [5.74, 6) is 1.03. The van der Waals surface area contributed by atoms with Crippen molar-refractivity contribution in [3.05, 3.63) is 53.6 Å². The number of rotatable bonds is 4. The number of fused-ring (bicyclic) bond motifs is 1. The first-order chi connectivity index (χ1) is 9.76. The van der Waals surface area contributed by atoms with Crippen molar-refractivity contribution in [2.45, 2.75) is 24.3 Å². The zero-order valence-corrected chi connectivity index (χ0v) is 12.7. The molecule has 0 saturated heterocycles. The maximum Gasteiger partial charge on any atom is 0.122 e. The summed E-state index contributed by atoms with van der Waals surface area (Å²) in [5, 5.41) is 3.56. The maximum atomic E-state index is 5.54. The van der Waals surface area contributed by atoms with Crippen molar-refractivity contribution in [3.8, 4) is 5.75 Å². The molecule has 3 heteroatoms. The number of anilines is 1. The van der Waals surface area contributed by atoms with Gasteiger partial charge in [0.2, 0.25) is 0 Å². The molecule has 1 atom stereocenters. The van der Waals surface area contributed by atoms with Crippen LogP contribution in [0, 0.1) is 0 Å². The zero-order chi connectivity index (χ0) is 13.9. The second kappa shape index (κ2) is 5.80. The topological polar surface area (TPSA) is 21.3 Å². The molecule has 0 aromatic heterocycles. The minimum Gasteiger partial charge on any atom is -0.493 e. The van der Waals surface area contributed by atoms with E-state index in [0.29, 0.717) is 6.04 Å². The summed E-state index contributed by atoms with van der Waals surface area (Å²) in [6.07, 6.45) is 3.12. The van der Waals surface area contributed by atoms with Crippen LogP contribution in [0.3, 0.4) is 0 Å².